The van der Waals surface area contributed by atoms with Crippen molar-refractivity contribution < 1.29 is 4.74 Å². The maximum absolute atomic E-state index is 5.39. The maximum Gasteiger partial charge on any atom is 0.250 e. The van der Waals surface area contributed by atoms with Crippen LogP contribution < -0.4 is 20.8 Å². The summed E-state index contributed by atoms with van der Waals surface area (Å²) in [5.41, 5.74) is 7.75. The molecule has 4 aromatic rings. The number of hydrazone groups is 1. The Kier molecular flexibility index (Phi) is 7.34. The number of aromatic nitrogens is 3. The second kappa shape index (κ2) is 10.8. The summed E-state index contributed by atoms with van der Waals surface area (Å²) in [7, 11) is 1.62. The zero-order chi connectivity index (χ0) is 23.9. The molecule has 0 amide bonds. The van der Waals surface area contributed by atoms with E-state index >= 15 is 0 Å². The Morgan fingerprint density at radius 1 is 0.853 bits per heavy atom. The first-order valence-electron chi connectivity index (χ1n) is 10.6. The molecule has 0 unspecified atom stereocenters. The molecule has 1 aromatic heterocycles. The molecule has 0 saturated carbocycles. The van der Waals surface area contributed by atoms with E-state index in [0.29, 0.717) is 17.6 Å². The number of rotatable bonds is 8. The molecule has 0 aliphatic heterocycles. The molecule has 3 aromatic carbocycles. The summed E-state index contributed by atoms with van der Waals surface area (Å²) in [6.45, 7) is 4.09. The molecule has 4 rings (SSSR count). The number of methoxy groups -OCH3 is 1. The van der Waals surface area contributed by atoms with Gasteiger partial charge in [-0.2, -0.15) is 20.1 Å². The fourth-order valence-electron chi connectivity index (χ4n) is 3.23. The number of anilines is 5. The number of aryl methyl sites for hydroxylation is 2. The number of ether oxygens (including phenoxy) is 1. The van der Waals surface area contributed by atoms with Crippen LogP contribution in [0.1, 0.15) is 16.7 Å². The van der Waals surface area contributed by atoms with E-state index in [1.54, 1.807) is 13.3 Å². The smallest absolute Gasteiger partial charge is 0.250 e. The Bertz CT molecular complexity index is 1310. The minimum atomic E-state index is 0.283. The second-order valence-electron chi connectivity index (χ2n) is 7.50. The number of para-hydroxylation sites is 1. The summed E-state index contributed by atoms with van der Waals surface area (Å²) in [5, 5.41) is 10.8. The van der Waals surface area contributed by atoms with Gasteiger partial charge in [0.05, 0.1) is 13.3 Å². The maximum atomic E-state index is 5.39. The summed E-state index contributed by atoms with van der Waals surface area (Å²) in [4.78, 5) is 13.5. The van der Waals surface area contributed by atoms with Gasteiger partial charge in [-0.25, -0.2) is 5.43 Å². The molecule has 3 N–H and O–H groups in total. The van der Waals surface area contributed by atoms with Crippen molar-refractivity contribution in [3.63, 3.8) is 0 Å². The molecular weight excluding hydrogens is 494 g/mol. The molecule has 34 heavy (non-hydrogen) atoms. The van der Waals surface area contributed by atoms with E-state index in [0.717, 1.165) is 27.0 Å². The minimum Gasteiger partial charge on any atom is -0.496 e. The van der Waals surface area contributed by atoms with Crippen LogP contribution in [0.5, 0.6) is 5.75 Å². The molecule has 0 spiro atoms. The van der Waals surface area contributed by atoms with Crippen molar-refractivity contribution in [2.75, 3.05) is 23.2 Å². The molecule has 0 aliphatic carbocycles. The highest BCUT2D eigenvalue weighted by Gasteiger charge is 2.09. The third kappa shape index (κ3) is 6.08. The zero-order valence-electron chi connectivity index (χ0n) is 19.0. The van der Waals surface area contributed by atoms with Crippen LogP contribution in [-0.4, -0.2) is 28.3 Å². The number of nitrogens with one attached hydrogen (secondary N) is 3. The standard InChI is InChI=1S/C25H24BrN7O/c1-16-9-11-21(17(2)13-16)29-24-30-23(28-20-7-5-4-6-8-20)31-25(32-24)33-27-15-18-14-19(26)10-12-22(18)34-3/h4-15H,1-3H3,(H3,28,29,30,31,32,33)/b27-15+. The van der Waals surface area contributed by atoms with Crippen LogP contribution >= 0.6 is 15.9 Å². The highest BCUT2D eigenvalue weighted by atomic mass is 79.9. The topological polar surface area (TPSA) is 96.4 Å². The molecular formula is C25H24BrN7O. The van der Waals surface area contributed by atoms with Crippen molar-refractivity contribution in [2.24, 2.45) is 5.10 Å². The summed E-state index contributed by atoms with van der Waals surface area (Å²) in [6, 6.07) is 21.5. The molecule has 9 heteroatoms. The van der Waals surface area contributed by atoms with E-state index in [4.69, 9.17) is 4.74 Å². The Hall–Kier alpha value is -3.98. The summed E-state index contributed by atoms with van der Waals surface area (Å²) < 4.78 is 6.31. The van der Waals surface area contributed by atoms with Gasteiger partial charge in [0, 0.05) is 21.4 Å². The summed E-state index contributed by atoms with van der Waals surface area (Å²) >= 11 is 3.47. The number of nitrogens with zero attached hydrogens (tertiary/aromatic N) is 4. The lowest BCUT2D eigenvalue weighted by molar-refractivity contribution is 0.414. The lowest BCUT2D eigenvalue weighted by Gasteiger charge is -2.12. The molecule has 0 aliphatic rings. The SMILES string of the molecule is COc1ccc(Br)cc1/C=N/Nc1nc(Nc2ccccc2)nc(Nc2ccc(C)cc2C)n1. The predicted octanol–water partition coefficient (Wildman–Crippen LogP) is 6.19. The van der Waals surface area contributed by atoms with Crippen molar-refractivity contribution in [3.05, 3.63) is 87.9 Å². The number of hydrogen-bond donors (Lipinski definition) is 3. The lowest BCUT2D eigenvalue weighted by Crippen LogP contribution is -2.07. The van der Waals surface area contributed by atoms with Crippen molar-refractivity contribution >= 4 is 51.4 Å². The van der Waals surface area contributed by atoms with Gasteiger partial charge in [-0.15, -0.1) is 0 Å². The van der Waals surface area contributed by atoms with Gasteiger partial charge >= 0.3 is 0 Å². The van der Waals surface area contributed by atoms with E-state index < -0.39 is 0 Å². The Morgan fingerprint density at radius 2 is 1.59 bits per heavy atom. The van der Waals surface area contributed by atoms with Crippen LogP contribution in [0.2, 0.25) is 0 Å². The monoisotopic (exact) mass is 517 g/mol. The normalized spacial score (nSPS) is 10.8. The first-order chi connectivity index (χ1) is 16.5. The molecule has 8 nitrogen and oxygen atoms in total. The van der Waals surface area contributed by atoms with Crippen molar-refractivity contribution in [2.45, 2.75) is 13.8 Å². The van der Waals surface area contributed by atoms with Crippen LogP contribution in [0.25, 0.3) is 0 Å². The first kappa shape index (κ1) is 23.2. The van der Waals surface area contributed by atoms with Crippen molar-refractivity contribution in [1.82, 2.24) is 15.0 Å². The van der Waals surface area contributed by atoms with Crippen LogP contribution in [0, 0.1) is 13.8 Å². The van der Waals surface area contributed by atoms with Gasteiger partial charge in [-0.3, -0.25) is 0 Å². The Labute approximate surface area is 206 Å². The van der Waals surface area contributed by atoms with Crippen LogP contribution in [-0.2, 0) is 0 Å². The third-order valence-electron chi connectivity index (χ3n) is 4.85. The van der Waals surface area contributed by atoms with Gasteiger partial charge in [-0.1, -0.05) is 51.8 Å². The van der Waals surface area contributed by atoms with Gasteiger partial charge in [0.2, 0.25) is 17.8 Å². The van der Waals surface area contributed by atoms with Crippen LogP contribution in [0.3, 0.4) is 0 Å². The van der Waals surface area contributed by atoms with Crippen LogP contribution in [0.15, 0.2) is 76.3 Å². The zero-order valence-corrected chi connectivity index (χ0v) is 20.6. The third-order valence-corrected chi connectivity index (χ3v) is 5.35. The molecule has 0 atom stereocenters. The quantitative estimate of drug-likeness (QED) is 0.189. The average molecular weight is 518 g/mol. The van der Waals surface area contributed by atoms with E-state index in [2.05, 4.69) is 65.0 Å². The summed E-state index contributed by atoms with van der Waals surface area (Å²) in [5.74, 6) is 1.75. The van der Waals surface area contributed by atoms with E-state index in [-0.39, 0.29) is 5.95 Å². The van der Waals surface area contributed by atoms with Crippen molar-refractivity contribution in [3.8, 4) is 5.75 Å². The van der Waals surface area contributed by atoms with Gasteiger partial charge in [-0.05, 0) is 55.8 Å². The van der Waals surface area contributed by atoms with Gasteiger partial charge in [0.15, 0.2) is 0 Å². The molecule has 0 fully saturated rings. The first-order valence-corrected chi connectivity index (χ1v) is 11.3. The van der Waals surface area contributed by atoms with Gasteiger partial charge < -0.3 is 15.4 Å². The van der Waals surface area contributed by atoms with E-state index in [1.165, 1.54) is 5.56 Å². The Morgan fingerprint density at radius 3 is 2.32 bits per heavy atom. The van der Waals surface area contributed by atoms with Gasteiger partial charge in [0.25, 0.3) is 0 Å². The summed E-state index contributed by atoms with van der Waals surface area (Å²) in [6.07, 6.45) is 1.65. The molecule has 0 bridgehead atoms. The largest absolute Gasteiger partial charge is 0.496 e. The van der Waals surface area contributed by atoms with E-state index in [1.807, 2.05) is 67.6 Å². The van der Waals surface area contributed by atoms with Gasteiger partial charge in [0.1, 0.15) is 5.75 Å². The predicted molar refractivity (Wildman–Crippen MR) is 141 cm³/mol. The number of halogens is 1. The molecule has 172 valence electrons. The van der Waals surface area contributed by atoms with Crippen LogP contribution in [0.4, 0.5) is 29.2 Å². The Balaban J connectivity index is 1.62. The fraction of sp³-hybridized carbons (Fsp3) is 0.120. The number of benzene rings is 3. The van der Waals surface area contributed by atoms with Crippen molar-refractivity contribution in [1.29, 1.82) is 0 Å². The highest BCUT2D eigenvalue weighted by molar-refractivity contribution is 9.10. The average Bonchev–Trinajstić information content (AvgIpc) is 2.82. The highest BCUT2D eigenvalue weighted by Crippen LogP contribution is 2.23. The molecule has 1 heterocycles. The molecule has 0 radical (unpaired) electrons. The van der Waals surface area contributed by atoms with E-state index in [9.17, 15) is 0 Å². The fourth-order valence-corrected chi connectivity index (χ4v) is 3.61. The number of hydrogen-bond acceptors (Lipinski definition) is 8. The minimum absolute atomic E-state index is 0.283. The lowest BCUT2D eigenvalue weighted by atomic mass is 10.1. The molecule has 0 saturated heterocycles. The second-order valence-corrected chi connectivity index (χ2v) is 8.41.